The first-order valence-electron chi connectivity index (χ1n) is 7.52. The van der Waals surface area contributed by atoms with E-state index in [2.05, 4.69) is 5.32 Å². The van der Waals surface area contributed by atoms with Crippen molar-refractivity contribution in [2.75, 3.05) is 6.61 Å². The van der Waals surface area contributed by atoms with Crippen LogP contribution in [0, 0.1) is 26.7 Å². The van der Waals surface area contributed by atoms with E-state index in [0.717, 1.165) is 42.4 Å². The molecule has 1 aliphatic carbocycles. The van der Waals surface area contributed by atoms with Gasteiger partial charge in [-0.1, -0.05) is 30.5 Å². The van der Waals surface area contributed by atoms with Crippen molar-refractivity contribution >= 4 is 5.91 Å². The van der Waals surface area contributed by atoms with Crippen LogP contribution >= 0.6 is 0 Å². The van der Waals surface area contributed by atoms with Gasteiger partial charge >= 0.3 is 0 Å². The Morgan fingerprint density at radius 3 is 2.40 bits per heavy atom. The largest absolute Gasteiger partial charge is 0.396 e. The Hall–Kier alpha value is -1.35. The van der Waals surface area contributed by atoms with E-state index in [1.54, 1.807) is 0 Å². The number of rotatable bonds is 3. The van der Waals surface area contributed by atoms with Gasteiger partial charge in [0.15, 0.2) is 0 Å². The van der Waals surface area contributed by atoms with Crippen molar-refractivity contribution < 1.29 is 9.90 Å². The summed E-state index contributed by atoms with van der Waals surface area (Å²) in [5.74, 6) is 0.212. The monoisotopic (exact) mass is 275 g/mol. The molecule has 2 N–H and O–H groups in total. The van der Waals surface area contributed by atoms with Gasteiger partial charge in [0.2, 0.25) is 0 Å². The molecule has 1 aromatic rings. The fourth-order valence-electron chi connectivity index (χ4n) is 3.39. The molecule has 0 spiro atoms. The summed E-state index contributed by atoms with van der Waals surface area (Å²) in [7, 11) is 0. The van der Waals surface area contributed by atoms with Crippen LogP contribution in [0.5, 0.6) is 0 Å². The first-order valence-corrected chi connectivity index (χ1v) is 7.52. The highest BCUT2D eigenvalue weighted by atomic mass is 16.3. The molecule has 0 radical (unpaired) electrons. The van der Waals surface area contributed by atoms with Crippen molar-refractivity contribution in [1.29, 1.82) is 0 Å². The molecule has 2 unspecified atom stereocenters. The second-order valence-electron chi connectivity index (χ2n) is 6.08. The summed E-state index contributed by atoms with van der Waals surface area (Å²) in [5, 5.41) is 12.6. The van der Waals surface area contributed by atoms with Crippen LogP contribution in [0.1, 0.15) is 52.7 Å². The highest BCUT2D eigenvalue weighted by Gasteiger charge is 2.26. The van der Waals surface area contributed by atoms with Gasteiger partial charge in [0.25, 0.3) is 5.91 Å². The van der Waals surface area contributed by atoms with E-state index in [1.807, 2.05) is 32.9 Å². The molecular formula is C17H25NO2. The molecule has 0 bridgehead atoms. The minimum absolute atomic E-state index is 0.00495. The number of aliphatic hydroxyl groups excluding tert-OH is 1. The van der Waals surface area contributed by atoms with E-state index in [9.17, 15) is 9.90 Å². The molecule has 1 amide bonds. The van der Waals surface area contributed by atoms with Gasteiger partial charge in [-0.15, -0.1) is 0 Å². The maximum Gasteiger partial charge on any atom is 0.252 e. The van der Waals surface area contributed by atoms with Crippen molar-refractivity contribution in [2.45, 2.75) is 52.5 Å². The molecular weight excluding hydrogens is 250 g/mol. The van der Waals surface area contributed by atoms with Gasteiger partial charge in [-0.2, -0.15) is 0 Å². The number of aliphatic hydroxyl groups is 1. The molecule has 2 atom stereocenters. The minimum Gasteiger partial charge on any atom is -0.396 e. The van der Waals surface area contributed by atoms with Gasteiger partial charge in [0.1, 0.15) is 0 Å². The third-order valence-electron chi connectivity index (χ3n) is 4.36. The smallest absolute Gasteiger partial charge is 0.252 e. The van der Waals surface area contributed by atoms with Crippen molar-refractivity contribution in [1.82, 2.24) is 5.32 Å². The SMILES string of the molecule is Cc1cc(C)c(C(=O)NC2CCCCC2CO)c(C)c1. The molecule has 0 saturated heterocycles. The van der Waals surface area contributed by atoms with Crippen LogP contribution in [0.2, 0.25) is 0 Å². The van der Waals surface area contributed by atoms with Crippen LogP contribution in [0.3, 0.4) is 0 Å². The van der Waals surface area contributed by atoms with Crippen LogP contribution in [-0.4, -0.2) is 23.7 Å². The van der Waals surface area contributed by atoms with Gasteiger partial charge in [-0.25, -0.2) is 0 Å². The molecule has 2 rings (SSSR count). The summed E-state index contributed by atoms with van der Waals surface area (Å²) in [6.45, 7) is 6.18. The van der Waals surface area contributed by atoms with Gasteiger partial charge in [-0.05, 0) is 44.7 Å². The number of nitrogens with one attached hydrogen (secondary N) is 1. The van der Waals surface area contributed by atoms with Crippen molar-refractivity contribution in [3.05, 3.63) is 34.4 Å². The lowest BCUT2D eigenvalue weighted by Crippen LogP contribution is -2.43. The Labute approximate surface area is 121 Å². The summed E-state index contributed by atoms with van der Waals surface area (Å²) in [5.41, 5.74) is 4.02. The lowest BCUT2D eigenvalue weighted by molar-refractivity contribution is 0.0871. The molecule has 1 fully saturated rings. The third kappa shape index (κ3) is 3.21. The van der Waals surface area contributed by atoms with Crippen LogP contribution in [-0.2, 0) is 0 Å². The first kappa shape index (κ1) is 15.0. The zero-order valence-electron chi connectivity index (χ0n) is 12.7. The second kappa shape index (κ2) is 6.40. The Morgan fingerprint density at radius 2 is 1.80 bits per heavy atom. The Bertz CT molecular complexity index is 473. The normalized spacial score (nSPS) is 22.6. The quantitative estimate of drug-likeness (QED) is 0.891. The van der Waals surface area contributed by atoms with Crippen molar-refractivity contribution in [2.24, 2.45) is 5.92 Å². The third-order valence-corrected chi connectivity index (χ3v) is 4.36. The molecule has 1 aromatic carbocycles. The second-order valence-corrected chi connectivity index (χ2v) is 6.08. The van der Waals surface area contributed by atoms with Crippen LogP contribution < -0.4 is 5.32 Å². The molecule has 0 heterocycles. The number of hydrogen-bond donors (Lipinski definition) is 2. The van der Waals surface area contributed by atoms with Crippen LogP contribution in [0.15, 0.2) is 12.1 Å². The predicted molar refractivity (Wildman–Crippen MR) is 81.0 cm³/mol. The Kier molecular flexibility index (Phi) is 4.81. The number of aryl methyl sites for hydroxylation is 3. The summed E-state index contributed by atoms with van der Waals surface area (Å²) >= 11 is 0. The summed E-state index contributed by atoms with van der Waals surface area (Å²) in [6.07, 6.45) is 4.27. The zero-order valence-corrected chi connectivity index (χ0v) is 12.7. The first-order chi connectivity index (χ1) is 9.52. The molecule has 1 saturated carbocycles. The molecule has 3 nitrogen and oxygen atoms in total. The molecule has 3 heteroatoms. The maximum absolute atomic E-state index is 12.5. The van der Waals surface area contributed by atoms with E-state index < -0.39 is 0 Å². The van der Waals surface area contributed by atoms with E-state index in [0.29, 0.717) is 0 Å². The summed E-state index contributed by atoms with van der Waals surface area (Å²) < 4.78 is 0. The number of hydrogen-bond acceptors (Lipinski definition) is 2. The lowest BCUT2D eigenvalue weighted by Gasteiger charge is -2.31. The molecule has 0 aliphatic heterocycles. The van der Waals surface area contributed by atoms with E-state index in [-0.39, 0.29) is 24.5 Å². The maximum atomic E-state index is 12.5. The lowest BCUT2D eigenvalue weighted by atomic mass is 9.84. The van der Waals surface area contributed by atoms with Crippen LogP contribution in [0.25, 0.3) is 0 Å². The predicted octanol–water partition coefficient (Wildman–Crippen LogP) is 2.89. The number of carbonyl (C=O) groups is 1. The van der Waals surface area contributed by atoms with Gasteiger partial charge in [0.05, 0.1) is 0 Å². The molecule has 0 aromatic heterocycles. The summed E-state index contributed by atoms with van der Waals surface area (Å²) in [4.78, 5) is 12.5. The number of benzene rings is 1. The van der Waals surface area contributed by atoms with Crippen LogP contribution in [0.4, 0.5) is 0 Å². The average molecular weight is 275 g/mol. The zero-order chi connectivity index (χ0) is 14.7. The average Bonchev–Trinajstić information content (AvgIpc) is 2.38. The highest BCUT2D eigenvalue weighted by Crippen LogP contribution is 2.25. The van der Waals surface area contributed by atoms with Gasteiger partial charge < -0.3 is 10.4 Å². The van der Waals surface area contributed by atoms with E-state index in [1.165, 1.54) is 5.56 Å². The fourth-order valence-corrected chi connectivity index (χ4v) is 3.39. The van der Waals surface area contributed by atoms with E-state index in [4.69, 9.17) is 0 Å². The standard InChI is InChI=1S/C17H25NO2/c1-11-8-12(2)16(13(3)9-11)17(20)18-15-7-5-4-6-14(15)10-19/h8-9,14-15,19H,4-7,10H2,1-3H3,(H,18,20). The van der Waals surface area contributed by atoms with Crippen molar-refractivity contribution in [3.8, 4) is 0 Å². The van der Waals surface area contributed by atoms with Crippen molar-refractivity contribution in [3.63, 3.8) is 0 Å². The summed E-state index contributed by atoms with van der Waals surface area (Å²) in [6, 6.07) is 4.21. The topological polar surface area (TPSA) is 49.3 Å². The van der Waals surface area contributed by atoms with Gasteiger partial charge in [-0.3, -0.25) is 4.79 Å². The number of carbonyl (C=O) groups excluding carboxylic acids is 1. The molecule has 1 aliphatic rings. The minimum atomic E-state index is 0.00495. The highest BCUT2D eigenvalue weighted by molar-refractivity contribution is 5.97. The van der Waals surface area contributed by atoms with E-state index >= 15 is 0 Å². The molecule has 20 heavy (non-hydrogen) atoms. The number of amides is 1. The fraction of sp³-hybridized carbons (Fsp3) is 0.588. The van der Waals surface area contributed by atoms with Gasteiger partial charge in [0, 0.05) is 24.1 Å². The Balaban J connectivity index is 2.16. The Morgan fingerprint density at radius 1 is 1.20 bits per heavy atom. The molecule has 110 valence electrons.